The molecule has 21 nitrogen and oxygen atoms in total. The number of pyridine rings is 1. The molecule has 3 aliphatic heterocycles. The number of sulfonamides is 1. The number of piperidine rings is 1. The summed E-state index contributed by atoms with van der Waals surface area (Å²) in [6.45, 7) is 10.1. The van der Waals surface area contributed by atoms with E-state index in [0.29, 0.717) is 61.3 Å². The Morgan fingerprint density at radius 1 is 0.871 bits per heavy atom. The molecule has 6 N–H and O–H groups in total. The summed E-state index contributed by atoms with van der Waals surface area (Å²) in [7, 11) is -4.64. The molecule has 1 unspecified atom stereocenters. The fraction of sp³-hybridized carbons (Fsp3) is 0.387. The number of H-pyrrole nitrogens is 1. The summed E-state index contributed by atoms with van der Waals surface area (Å²) in [5.74, 6) is -2.58. The number of hydrogen-bond donors (Lipinski definition) is 6. The highest BCUT2D eigenvalue weighted by atomic mass is 35.5. The molecule has 11 rings (SSSR count). The Bertz CT molecular complexity index is 3740. The van der Waals surface area contributed by atoms with Crippen molar-refractivity contribution in [2.24, 2.45) is 11.3 Å². The maximum Gasteiger partial charge on any atom is 0.293 e. The van der Waals surface area contributed by atoms with Crippen LogP contribution in [0.3, 0.4) is 0 Å². The van der Waals surface area contributed by atoms with Gasteiger partial charge < -0.3 is 30.6 Å². The van der Waals surface area contributed by atoms with Crippen molar-refractivity contribution in [3.63, 3.8) is 0 Å². The van der Waals surface area contributed by atoms with Crippen LogP contribution >= 0.6 is 11.6 Å². The van der Waals surface area contributed by atoms with Gasteiger partial charge in [0.05, 0.1) is 32.7 Å². The van der Waals surface area contributed by atoms with Crippen molar-refractivity contribution in [2.75, 3.05) is 67.9 Å². The molecule has 5 amide bonds. The van der Waals surface area contributed by atoms with E-state index >= 15 is 0 Å². The number of fused-ring (bicyclic) bond motifs is 2. The van der Waals surface area contributed by atoms with Crippen molar-refractivity contribution in [1.29, 1.82) is 0 Å². The lowest BCUT2D eigenvalue weighted by Gasteiger charge is -2.39. The largest absolute Gasteiger partial charge is 0.455 e. The van der Waals surface area contributed by atoms with Crippen LogP contribution in [-0.4, -0.2) is 127 Å². The number of amides is 5. The van der Waals surface area contributed by atoms with E-state index in [9.17, 15) is 42.5 Å². The number of anilines is 3. The summed E-state index contributed by atoms with van der Waals surface area (Å²) in [6.07, 6.45) is 10.7. The van der Waals surface area contributed by atoms with Gasteiger partial charge in [0.2, 0.25) is 11.8 Å². The Morgan fingerprint density at radius 3 is 2.42 bits per heavy atom. The number of rotatable bonds is 20. The van der Waals surface area contributed by atoms with Crippen molar-refractivity contribution >= 4 is 90.5 Å². The van der Waals surface area contributed by atoms with E-state index in [4.69, 9.17) is 16.3 Å². The van der Waals surface area contributed by atoms with Crippen LogP contribution in [0.1, 0.15) is 115 Å². The van der Waals surface area contributed by atoms with Gasteiger partial charge in [0.15, 0.2) is 0 Å². The molecule has 5 heterocycles. The van der Waals surface area contributed by atoms with Crippen LogP contribution in [-0.2, 0) is 19.6 Å². The van der Waals surface area contributed by atoms with Crippen molar-refractivity contribution in [2.45, 2.75) is 95.0 Å². The topological polar surface area (TPSA) is 270 Å². The smallest absolute Gasteiger partial charge is 0.293 e. The third kappa shape index (κ3) is 13.2. The van der Waals surface area contributed by atoms with E-state index in [0.717, 1.165) is 86.6 Å². The molecular weight excluding hydrogens is 1130 g/mol. The first-order chi connectivity index (χ1) is 40.9. The van der Waals surface area contributed by atoms with E-state index in [1.54, 1.807) is 42.6 Å². The summed E-state index contributed by atoms with van der Waals surface area (Å²) in [6, 6.07) is 24.5. The first kappa shape index (κ1) is 58.6. The zero-order valence-corrected chi connectivity index (χ0v) is 49.0. The van der Waals surface area contributed by atoms with Gasteiger partial charge in [-0.15, -0.1) is 0 Å². The number of aromatic amines is 1. The predicted molar refractivity (Wildman–Crippen MR) is 323 cm³/mol. The first-order valence-corrected chi connectivity index (χ1v) is 30.8. The number of nitro groups is 1. The number of carbonyl (C=O) groups excluding carboxylic acids is 5. The molecule has 6 aromatic rings. The van der Waals surface area contributed by atoms with Gasteiger partial charge in [-0.25, -0.2) is 18.1 Å². The van der Waals surface area contributed by atoms with Crippen molar-refractivity contribution in [3.05, 3.63) is 146 Å². The molecule has 444 valence electrons. The van der Waals surface area contributed by atoms with Gasteiger partial charge in [-0.2, -0.15) is 0 Å². The minimum absolute atomic E-state index is 0.0397. The molecule has 0 bridgehead atoms. The van der Waals surface area contributed by atoms with Crippen LogP contribution in [0.2, 0.25) is 5.02 Å². The minimum atomic E-state index is -4.64. The number of nitrogens with zero attached hydrogens (tertiary/aromatic N) is 5. The molecule has 4 aromatic carbocycles. The van der Waals surface area contributed by atoms with Gasteiger partial charge in [-0.3, -0.25) is 49.2 Å². The summed E-state index contributed by atoms with van der Waals surface area (Å²) >= 11 is 6.27. The van der Waals surface area contributed by atoms with Gasteiger partial charge in [-0.1, -0.05) is 49.2 Å². The molecule has 23 heteroatoms. The summed E-state index contributed by atoms with van der Waals surface area (Å²) in [5, 5.41) is 26.2. The molecule has 1 atom stereocenters. The van der Waals surface area contributed by atoms with Crippen molar-refractivity contribution in [1.82, 2.24) is 35.1 Å². The number of piperazine rings is 1. The van der Waals surface area contributed by atoms with Gasteiger partial charge in [0.25, 0.3) is 33.4 Å². The minimum Gasteiger partial charge on any atom is -0.455 e. The number of carbonyl (C=O) groups is 5. The number of halogens is 1. The van der Waals surface area contributed by atoms with Crippen LogP contribution in [0.5, 0.6) is 11.5 Å². The molecule has 2 aliphatic carbocycles. The molecular formula is C62H68ClN11O10S. The van der Waals surface area contributed by atoms with Crippen LogP contribution in [0, 0.1) is 21.4 Å². The number of ether oxygens (including phenoxy) is 1. The third-order valence-corrected chi connectivity index (χ3v) is 18.6. The number of nitrogens with one attached hydrogen (secondary N) is 6. The second kappa shape index (κ2) is 24.8. The van der Waals surface area contributed by atoms with E-state index in [1.807, 2.05) is 18.2 Å². The van der Waals surface area contributed by atoms with Crippen LogP contribution in [0.4, 0.5) is 22.7 Å². The molecule has 1 saturated carbocycles. The van der Waals surface area contributed by atoms with E-state index in [2.05, 4.69) is 71.7 Å². The molecule has 3 fully saturated rings. The number of aromatic nitrogens is 2. The Kier molecular flexibility index (Phi) is 17.1. The van der Waals surface area contributed by atoms with Crippen LogP contribution < -0.4 is 35.6 Å². The van der Waals surface area contributed by atoms with Gasteiger partial charge >= 0.3 is 0 Å². The normalized spacial score (nSPS) is 20.1. The molecule has 2 aromatic heterocycles. The Morgan fingerprint density at radius 2 is 1.66 bits per heavy atom. The highest BCUT2D eigenvalue weighted by Crippen LogP contribution is 2.44. The zero-order chi connectivity index (χ0) is 59.6. The number of benzene rings is 4. The monoisotopic (exact) mass is 1190 g/mol. The molecule has 2 saturated heterocycles. The number of allylic oxidation sites excluding steroid dienone is 1. The second-order valence-corrected chi connectivity index (χ2v) is 25.6. The summed E-state index contributed by atoms with van der Waals surface area (Å²) in [5.41, 5.74) is 6.24. The predicted octanol–water partition coefficient (Wildman–Crippen LogP) is 9.29. The van der Waals surface area contributed by atoms with Crippen molar-refractivity contribution in [3.8, 4) is 11.5 Å². The van der Waals surface area contributed by atoms with Crippen molar-refractivity contribution < 1.29 is 42.1 Å². The number of imide groups is 2. The lowest BCUT2D eigenvalue weighted by atomic mass is 9.72. The van der Waals surface area contributed by atoms with E-state index < -0.39 is 61.1 Å². The SMILES string of the molecule is CC1(C)CCC(CN2CCN(c3ccc(C(=O)NS(=O)(=O)c4ccc(NC[C@H]5CC[C@H](NCCCNc6cccc7c6C(=O)N(C6CCC(=O)NC6=O)C7=O)CC5)c([N+](=O)[O-])c4)c(Oc4cnc5[nH]ccc5c4)c3)CC2)=C(c2ccc(Cl)cc2)C1. The highest BCUT2D eigenvalue weighted by molar-refractivity contribution is 7.90. The second-order valence-electron chi connectivity index (χ2n) is 23.4. The summed E-state index contributed by atoms with van der Waals surface area (Å²) < 4.78 is 36.4. The molecule has 85 heavy (non-hydrogen) atoms. The van der Waals surface area contributed by atoms with E-state index in [1.165, 1.54) is 41.1 Å². The molecule has 0 spiro atoms. The maximum atomic E-state index is 14.2. The fourth-order valence-corrected chi connectivity index (χ4v) is 13.4. The number of nitro benzene ring substituents is 1. The van der Waals surface area contributed by atoms with E-state index in [-0.39, 0.29) is 58.3 Å². The van der Waals surface area contributed by atoms with Gasteiger partial charge in [-0.05, 0) is 147 Å². The summed E-state index contributed by atoms with van der Waals surface area (Å²) in [4.78, 5) is 89.6. The third-order valence-electron chi connectivity index (χ3n) is 17.0. The number of hydrogen-bond acceptors (Lipinski definition) is 16. The first-order valence-electron chi connectivity index (χ1n) is 29.0. The Balaban J connectivity index is 0.682. The fourth-order valence-electron chi connectivity index (χ4n) is 12.3. The van der Waals surface area contributed by atoms with Gasteiger partial charge in [0, 0.05) is 98.4 Å². The Labute approximate surface area is 497 Å². The lowest BCUT2D eigenvalue weighted by molar-refractivity contribution is -0.384. The van der Waals surface area contributed by atoms with Crippen LogP contribution in [0.25, 0.3) is 16.6 Å². The van der Waals surface area contributed by atoms with Gasteiger partial charge in [0.1, 0.15) is 28.9 Å². The molecule has 5 aliphatic rings. The highest BCUT2D eigenvalue weighted by Gasteiger charge is 2.46. The molecule has 0 radical (unpaired) electrons. The lowest BCUT2D eigenvalue weighted by Crippen LogP contribution is -2.54. The maximum absolute atomic E-state index is 14.2. The average Bonchev–Trinajstić information content (AvgIpc) is 4.28. The average molecular weight is 1190 g/mol. The quantitative estimate of drug-likeness (QED) is 0.0180. The zero-order valence-electron chi connectivity index (χ0n) is 47.4. The Hall–Kier alpha value is -8.18. The van der Waals surface area contributed by atoms with Crippen LogP contribution in [0.15, 0.2) is 114 Å². The standard InChI is InChI=1S/C62H68ClN11O10S/c1-62(2)23-21-41(49(34-62)39-9-11-42(63)12-10-39)37-71-27-29-72(30-28-71)44-15-17-47(54(32-44)84-45-31-40-22-26-66-57(40)68-36-45)58(76)70-85(82,83)46-16-18-50(53(33-46)74(80)81)67-35-38-7-13-43(14-8-38)64-24-4-25-65-51-6-3-5-48-56(51)61(79)73(60(48)78)52-19-20-55(75)69-59(52)77/h3,5-6,9-12,15-18,22,26,31-33,36,38,43,52,64-65,67H,4,7-8,13-14,19-21,23-25,27-30,34-35,37H2,1-2H3,(H,66,68)(H,70,76)(H,69,75,77)/t38-,43-,52?.